The molecule has 0 amide bonds. The summed E-state index contributed by atoms with van der Waals surface area (Å²) >= 11 is 0. The van der Waals surface area contributed by atoms with Crippen LogP contribution in [0.1, 0.15) is 52.4 Å². The Labute approximate surface area is 197 Å². The van der Waals surface area contributed by atoms with Crippen molar-refractivity contribution < 1.29 is 19.8 Å². The van der Waals surface area contributed by atoms with Crippen molar-refractivity contribution in [3.63, 3.8) is 0 Å². The van der Waals surface area contributed by atoms with Crippen LogP contribution in [0.15, 0.2) is 47.2 Å². The number of oxime groups is 1. The standard InChI is InChI=1S/C25H29N3O6/c1-24-11-9-16(26-34-22-7-4-17(27(30)31)14-21(22)28(32)33)13-15(24)3-5-18-19-6-8-23(29)25(19,2)12-10-20(18)24/h4,7,9,11,13-14,18-20,23,29H,3,5-6,8,10,12H2,1-2H3/b26-16-/t18-,19-,20-,23-,24-,25-/m0/s1. The summed E-state index contributed by atoms with van der Waals surface area (Å²) in [6.45, 7) is 4.56. The lowest BCUT2D eigenvalue weighted by atomic mass is 9.48. The average Bonchev–Trinajstić information content (AvgIpc) is 3.11. The molecule has 0 bridgehead atoms. The summed E-state index contributed by atoms with van der Waals surface area (Å²) in [6, 6.07) is 3.23. The molecule has 4 aliphatic rings. The van der Waals surface area contributed by atoms with Gasteiger partial charge in [0.1, 0.15) is 5.71 Å². The molecule has 4 aliphatic carbocycles. The van der Waals surface area contributed by atoms with E-state index in [9.17, 15) is 25.3 Å². The van der Waals surface area contributed by atoms with E-state index in [2.05, 4.69) is 25.1 Å². The summed E-state index contributed by atoms with van der Waals surface area (Å²) in [7, 11) is 0. The predicted octanol–water partition coefficient (Wildman–Crippen LogP) is 5.34. The van der Waals surface area contributed by atoms with Crippen molar-refractivity contribution in [1.29, 1.82) is 0 Å². The van der Waals surface area contributed by atoms with Crippen molar-refractivity contribution in [3.8, 4) is 5.75 Å². The van der Waals surface area contributed by atoms with Gasteiger partial charge >= 0.3 is 5.69 Å². The van der Waals surface area contributed by atoms with Crippen LogP contribution in [0.3, 0.4) is 0 Å². The number of nitro benzene ring substituents is 2. The topological polar surface area (TPSA) is 128 Å². The minimum absolute atomic E-state index is 0.0387. The minimum Gasteiger partial charge on any atom is -0.393 e. The van der Waals surface area contributed by atoms with Crippen LogP contribution in [0.4, 0.5) is 11.4 Å². The van der Waals surface area contributed by atoms with Crippen molar-refractivity contribution in [3.05, 3.63) is 62.2 Å². The number of nitro groups is 2. The zero-order chi connectivity index (χ0) is 24.3. The van der Waals surface area contributed by atoms with Gasteiger partial charge in [0, 0.05) is 11.5 Å². The number of aliphatic hydroxyl groups is 1. The van der Waals surface area contributed by atoms with E-state index in [0.29, 0.717) is 23.5 Å². The highest BCUT2D eigenvalue weighted by molar-refractivity contribution is 6.05. The van der Waals surface area contributed by atoms with Crippen LogP contribution in [0.25, 0.3) is 0 Å². The number of allylic oxidation sites excluding steroid dienone is 4. The highest BCUT2D eigenvalue weighted by atomic mass is 16.7. The van der Waals surface area contributed by atoms with E-state index in [-0.39, 0.29) is 28.4 Å². The summed E-state index contributed by atoms with van der Waals surface area (Å²) in [5, 5.41) is 37.0. The Morgan fingerprint density at radius 3 is 2.62 bits per heavy atom. The third kappa shape index (κ3) is 3.45. The van der Waals surface area contributed by atoms with Gasteiger partial charge in [0.15, 0.2) is 0 Å². The molecule has 180 valence electrons. The maximum Gasteiger partial charge on any atom is 0.321 e. The number of non-ortho nitro benzene ring substituents is 1. The molecule has 6 atom stereocenters. The SMILES string of the molecule is C[C@]12CC[C@H]3[C@@H](CCC4=C/C(=N\Oc5ccc([N+](=O)[O-])cc5[N+](=O)[O-])C=C[C@@]43C)[C@@H]1CC[C@@H]2O. The van der Waals surface area contributed by atoms with Crippen LogP contribution < -0.4 is 4.84 Å². The Kier molecular flexibility index (Phi) is 5.35. The Morgan fingerprint density at radius 1 is 1.09 bits per heavy atom. The summed E-state index contributed by atoms with van der Waals surface area (Å²) in [6.07, 6.45) is 12.1. The molecule has 0 aromatic heterocycles. The number of fused-ring (bicyclic) bond motifs is 5. The van der Waals surface area contributed by atoms with Crippen molar-refractivity contribution >= 4 is 17.1 Å². The van der Waals surface area contributed by atoms with Gasteiger partial charge in [0.05, 0.1) is 22.0 Å². The van der Waals surface area contributed by atoms with Crippen molar-refractivity contribution in [2.75, 3.05) is 0 Å². The molecule has 9 heteroatoms. The van der Waals surface area contributed by atoms with Gasteiger partial charge in [-0.15, -0.1) is 0 Å². The molecule has 5 rings (SSSR count). The number of benzene rings is 1. The van der Waals surface area contributed by atoms with Crippen LogP contribution in [-0.2, 0) is 0 Å². The van der Waals surface area contributed by atoms with E-state index in [1.54, 1.807) is 0 Å². The molecule has 9 nitrogen and oxygen atoms in total. The first-order valence-electron chi connectivity index (χ1n) is 11.9. The van der Waals surface area contributed by atoms with Crippen LogP contribution in [0.5, 0.6) is 5.75 Å². The van der Waals surface area contributed by atoms with Crippen LogP contribution >= 0.6 is 0 Å². The second-order valence-electron chi connectivity index (χ2n) is 10.6. The summed E-state index contributed by atoms with van der Waals surface area (Å²) in [5.74, 6) is 1.54. The summed E-state index contributed by atoms with van der Waals surface area (Å²) in [5.41, 5.74) is 0.944. The van der Waals surface area contributed by atoms with Crippen molar-refractivity contribution in [2.24, 2.45) is 33.7 Å². The van der Waals surface area contributed by atoms with Crippen molar-refractivity contribution in [2.45, 2.75) is 58.5 Å². The Hall–Kier alpha value is -3.07. The molecule has 0 aliphatic heterocycles. The molecular weight excluding hydrogens is 438 g/mol. The van der Waals surface area contributed by atoms with Crippen molar-refractivity contribution in [1.82, 2.24) is 0 Å². The molecule has 3 fully saturated rings. The summed E-state index contributed by atoms with van der Waals surface area (Å²) in [4.78, 5) is 26.3. The quantitative estimate of drug-likeness (QED) is 0.470. The van der Waals surface area contributed by atoms with E-state index < -0.39 is 15.5 Å². The number of hydrogen-bond donors (Lipinski definition) is 1. The first-order chi connectivity index (χ1) is 16.1. The Morgan fingerprint density at radius 2 is 1.88 bits per heavy atom. The Bertz CT molecular complexity index is 1140. The number of hydrogen-bond acceptors (Lipinski definition) is 7. The smallest absolute Gasteiger partial charge is 0.321 e. The fourth-order valence-corrected chi connectivity index (χ4v) is 7.18. The molecule has 0 heterocycles. The lowest BCUT2D eigenvalue weighted by molar-refractivity contribution is -0.394. The highest BCUT2D eigenvalue weighted by Gasteiger charge is 2.58. The van der Waals surface area contributed by atoms with E-state index in [0.717, 1.165) is 50.7 Å². The van der Waals surface area contributed by atoms with E-state index in [1.807, 2.05) is 12.2 Å². The maximum atomic E-state index is 11.3. The van der Waals surface area contributed by atoms with E-state index >= 15 is 0 Å². The average molecular weight is 468 g/mol. The third-order valence-corrected chi connectivity index (χ3v) is 9.12. The zero-order valence-corrected chi connectivity index (χ0v) is 19.3. The molecule has 1 aromatic carbocycles. The molecular formula is C25H29N3O6. The van der Waals surface area contributed by atoms with E-state index in [4.69, 9.17) is 4.84 Å². The normalized spacial score (nSPS) is 37.4. The molecule has 3 saturated carbocycles. The van der Waals surface area contributed by atoms with Gasteiger partial charge in [-0.3, -0.25) is 20.2 Å². The molecule has 1 aromatic rings. The van der Waals surface area contributed by atoms with Gasteiger partial charge in [-0.1, -0.05) is 30.7 Å². The predicted molar refractivity (Wildman–Crippen MR) is 125 cm³/mol. The largest absolute Gasteiger partial charge is 0.393 e. The van der Waals surface area contributed by atoms with Gasteiger partial charge < -0.3 is 9.94 Å². The second kappa shape index (κ2) is 8.01. The molecule has 0 radical (unpaired) electrons. The Balaban J connectivity index is 1.37. The fraction of sp³-hybridized carbons (Fsp3) is 0.560. The minimum atomic E-state index is -0.715. The molecule has 0 saturated heterocycles. The van der Waals surface area contributed by atoms with Crippen LogP contribution in [0, 0.1) is 48.8 Å². The number of aliphatic hydroxyl groups excluding tert-OH is 1. The lowest BCUT2D eigenvalue weighted by Gasteiger charge is -2.56. The summed E-state index contributed by atoms with van der Waals surface area (Å²) < 4.78 is 0. The van der Waals surface area contributed by atoms with Gasteiger partial charge in [0.2, 0.25) is 5.75 Å². The molecule has 1 N–H and O–H groups in total. The van der Waals surface area contributed by atoms with Gasteiger partial charge in [0.25, 0.3) is 5.69 Å². The second-order valence-corrected chi connectivity index (χ2v) is 10.6. The highest BCUT2D eigenvalue weighted by Crippen LogP contribution is 2.64. The van der Waals surface area contributed by atoms with E-state index in [1.165, 1.54) is 11.6 Å². The lowest BCUT2D eigenvalue weighted by Crippen LogP contribution is -2.50. The van der Waals surface area contributed by atoms with Gasteiger partial charge in [-0.05, 0) is 79.9 Å². The molecule has 0 spiro atoms. The maximum absolute atomic E-state index is 11.3. The molecule has 34 heavy (non-hydrogen) atoms. The van der Waals surface area contributed by atoms with Crippen LogP contribution in [-0.4, -0.2) is 26.8 Å². The zero-order valence-electron chi connectivity index (χ0n) is 19.3. The first-order valence-corrected chi connectivity index (χ1v) is 11.9. The fourth-order valence-electron chi connectivity index (χ4n) is 7.18. The third-order valence-electron chi connectivity index (χ3n) is 9.12. The monoisotopic (exact) mass is 467 g/mol. The molecule has 0 unspecified atom stereocenters. The first kappa shape index (κ1) is 22.7. The van der Waals surface area contributed by atoms with Gasteiger partial charge in [-0.25, -0.2) is 0 Å². The van der Waals surface area contributed by atoms with Gasteiger partial charge in [-0.2, -0.15) is 0 Å². The number of rotatable bonds is 4. The van der Waals surface area contributed by atoms with Crippen LogP contribution in [0.2, 0.25) is 0 Å². The number of nitrogens with zero attached hydrogens (tertiary/aromatic N) is 3.